The lowest BCUT2D eigenvalue weighted by Gasteiger charge is -2.16. The van der Waals surface area contributed by atoms with Crippen molar-refractivity contribution in [3.8, 4) is 0 Å². The van der Waals surface area contributed by atoms with Crippen molar-refractivity contribution in [3.63, 3.8) is 0 Å². The number of hydrogen-bond acceptors (Lipinski definition) is 6. The van der Waals surface area contributed by atoms with E-state index in [4.69, 9.17) is 9.47 Å². The van der Waals surface area contributed by atoms with E-state index in [9.17, 15) is 9.59 Å². The Hall–Kier alpha value is -1.92. The quantitative estimate of drug-likeness (QED) is 0.294. The topological polar surface area (TPSA) is 59.1 Å². The first-order valence-corrected chi connectivity index (χ1v) is 11.3. The van der Waals surface area contributed by atoms with Crippen LogP contribution in [0.2, 0.25) is 0 Å². The average Bonchev–Trinajstić information content (AvgIpc) is 2.76. The molecule has 1 aromatic rings. The molecular formula is C24H40N2O4. The van der Waals surface area contributed by atoms with Crippen molar-refractivity contribution in [2.75, 3.05) is 53.5 Å². The molecule has 170 valence electrons. The minimum Gasteiger partial charge on any atom is -0.462 e. The molecule has 0 spiro atoms. The van der Waals surface area contributed by atoms with E-state index < -0.39 is 11.9 Å². The molecule has 0 amide bonds. The summed E-state index contributed by atoms with van der Waals surface area (Å²) in [5.74, 6) is -0.948. The molecule has 0 heterocycles. The number of unbranched alkanes of at least 4 members (excludes halogenated alkanes) is 2. The minimum absolute atomic E-state index is 0.266. The summed E-state index contributed by atoms with van der Waals surface area (Å²) in [5.41, 5.74) is 0.531. The van der Waals surface area contributed by atoms with Crippen LogP contribution in [0.3, 0.4) is 0 Å². The Labute approximate surface area is 182 Å². The van der Waals surface area contributed by atoms with Crippen molar-refractivity contribution in [3.05, 3.63) is 35.4 Å². The number of hydrogen-bond donors (Lipinski definition) is 0. The van der Waals surface area contributed by atoms with Crippen LogP contribution in [-0.4, -0.2) is 75.2 Å². The van der Waals surface area contributed by atoms with Crippen molar-refractivity contribution >= 4 is 11.9 Å². The Kier molecular flexibility index (Phi) is 13.8. The molecule has 0 aromatic heterocycles. The van der Waals surface area contributed by atoms with E-state index >= 15 is 0 Å². The van der Waals surface area contributed by atoms with Crippen LogP contribution in [0.15, 0.2) is 24.3 Å². The molecule has 0 bridgehead atoms. The molecule has 0 fully saturated rings. The summed E-state index contributed by atoms with van der Waals surface area (Å²) < 4.78 is 10.8. The molecule has 0 saturated heterocycles. The maximum Gasteiger partial charge on any atom is 0.339 e. The molecule has 6 heteroatoms. The van der Waals surface area contributed by atoms with E-state index in [-0.39, 0.29) is 11.1 Å². The Balaban J connectivity index is 2.42. The van der Waals surface area contributed by atoms with Gasteiger partial charge in [0.2, 0.25) is 0 Å². The van der Waals surface area contributed by atoms with Gasteiger partial charge in [-0.15, -0.1) is 0 Å². The molecule has 0 aliphatic carbocycles. The fourth-order valence-electron chi connectivity index (χ4n) is 3.07. The highest BCUT2D eigenvalue weighted by atomic mass is 16.5. The van der Waals surface area contributed by atoms with Gasteiger partial charge in [0.15, 0.2) is 0 Å². The highest BCUT2D eigenvalue weighted by molar-refractivity contribution is 6.03. The Morgan fingerprint density at radius 2 is 1.07 bits per heavy atom. The highest BCUT2D eigenvalue weighted by Crippen LogP contribution is 2.12. The fourth-order valence-corrected chi connectivity index (χ4v) is 3.07. The Morgan fingerprint density at radius 1 is 0.700 bits per heavy atom. The lowest BCUT2D eigenvalue weighted by Crippen LogP contribution is -2.23. The van der Waals surface area contributed by atoms with Crippen LogP contribution < -0.4 is 0 Å². The van der Waals surface area contributed by atoms with Crippen molar-refractivity contribution in [1.29, 1.82) is 0 Å². The number of carbonyl (C=O) groups is 2. The summed E-state index contributed by atoms with van der Waals surface area (Å²) in [5, 5.41) is 0. The third-order valence-electron chi connectivity index (χ3n) is 4.99. The van der Waals surface area contributed by atoms with Crippen LogP contribution in [-0.2, 0) is 9.47 Å². The van der Waals surface area contributed by atoms with Gasteiger partial charge in [0.1, 0.15) is 0 Å². The van der Waals surface area contributed by atoms with Crippen LogP contribution in [0.25, 0.3) is 0 Å². The SMILES string of the molecule is CCCCN(C)CCCOC(=O)c1ccccc1C(=O)OCCCN(C)CCCC. The Bertz CT molecular complexity index is 568. The van der Waals surface area contributed by atoms with Gasteiger partial charge in [-0.05, 0) is 65.0 Å². The molecule has 0 radical (unpaired) electrons. The summed E-state index contributed by atoms with van der Waals surface area (Å²) in [6.07, 6.45) is 6.21. The van der Waals surface area contributed by atoms with E-state index in [1.165, 1.54) is 25.7 Å². The number of rotatable bonds is 16. The molecule has 0 N–H and O–H groups in total. The lowest BCUT2D eigenvalue weighted by molar-refractivity contribution is 0.0444. The normalized spacial score (nSPS) is 11.1. The van der Waals surface area contributed by atoms with Crippen molar-refractivity contribution < 1.29 is 19.1 Å². The number of benzene rings is 1. The van der Waals surface area contributed by atoms with E-state index in [2.05, 4.69) is 37.7 Å². The zero-order valence-electron chi connectivity index (χ0n) is 19.3. The monoisotopic (exact) mass is 420 g/mol. The first kappa shape index (κ1) is 26.1. The largest absolute Gasteiger partial charge is 0.462 e. The molecule has 0 aliphatic rings. The van der Waals surface area contributed by atoms with Crippen LogP contribution in [0.5, 0.6) is 0 Å². The fraction of sp³-hybridized carbons (Fsp3) is 0.667. The number of ether oxygens (including phenoxy) is 2. The lowest BCUT2D eigenvalue weighted by atomic mass is 10.1. The Morgan fingerprint density at radius 3 is 1.43 bits per heavy atom. The maximum atomic E-state index is 12.5. The third-order valence-corrected chi connectivity index (χ3v) is 4.99. The minimum atomic E-state index is -0.474. The van der Waals surface area contributed by atoms with E-state index in [0.717, 1.165) is 39.0 Å². The summed E-state index contributed by atoms with van der Waals surface area (Å²) in [7, 11) is 4.15. The van der Waals surface area contributed by atoms with Crippen LogP contribution in [0, 0.1) is 0 Å². The molecular weight excluding hydrogens is 380 g/mol. The summed E-state index contributed by atoms with van der Waals surface area (Å²) >= 11 is 0. The van der Waals surface area contributed by atoms with Crippen LogP contribution in [0.4, 0.5) is 0 Å². The second-order valence-corrected chi connectivity index (χ2v) is 7.84. The van der Waals surface area contributed by atoms with Gasteiger partial charge < -0.3 is 19.3 Å². The van der Waals surface area contributed by atoms with Crippen LogP contribution >= 0.6 is 0 Å². The van der Waals surface area contributed by atoms with Gasteiger partial charge in [-0.2, -0.15) is 0 Å². The predicted octanol–water partition coefficient (Wildman–Crippen LogP) is 4.24. The standard InChI is InChI=1S/C24H40N2O4/c1-5-7-15-25(3)17-11-19-29-23(27)21-13-9-10-14-22(21)24(28)30-20-12-18-26(4)16-8-6-2/h9-10,13-14H,5-8,11-12,15-20H2,1-4H3. The molecule has 1 aromatic carbocycles. The number of esters is 2. The van der Waals surface area contributed by atoms with Crippen molar-refractivity contribution in [2.24, 2.45) is 0 Å². The predicted molar refractivity (Wildman–Crippen MR) is 121 cm³/mol. The molecule has 1 rings (SSSR count). The van der Waals surface area contributed by atoms with Gasteiger partial charge in [0.25, 0.3) is 0 Å². The molecule has 0 saturated carbocycles. The summed E-state index contributed by atoms with van der Waals surface area (Å²) in [6, 6.07) is 6.69. The average molecular weight is 421 g/mol. The molecule has 0 unspecified atom stereocenters. The van der Waals surface area contributed by atoms with Gasteiger partial charge in [-0.25, -0.2) is 9.59 Å². The molecule has 30 heavy (non-hydrogen) atoms. The third kappa shape index (κ3) is 10.7. The van der Waals surface area contributed by atoms with Gasteiger partial charge in [0.05, 0.1) is 24.3 Å². The van der Waals surface area contributed by atoms with E-state index in [1.54, 1.807) is 24.3 Å². The number of carbonyl (C=O) groups excluding carboxylic acids is 2. The van der Waals surface area contributed by atoms with Gasteiger partial charge >= 0.3 is 11.9 Å². The van der Waals surface area contributed by atoms with E-state index in [1.807, 2.05) is 0 Å². The summed E-state index contributed by atoms with van der Waals surface area (Å²) in [6.45, 7) is 8.87. The van der Waals surface area contributed by atoms with Gasteiger partial charge in [-0.1, -0.05) is 38.8 Å². The molecule has 6 nitrogen and oxygen atoms in total. The summed E-state index contributed by atoms with van der Waals surface area (Å²) in [4.78, 5) is 29.4. The molecule has 0 atom stereocenters. The zero-order chi connectivity index (χ0) is 22.2. The smallest absolute Gasteiger partial charge is 0.339 e. The second kappa shape index (κ2) is 15.9. The van der Waals surface area contributed by atoms with Crippen molar-refractivity contribution in [1.82, 2.24) is 9.80 Å². The highest BCUT2D eigenvalue weighted by Gasteiger charge is 2.19. The second-order valence-electron chi connectivity index (χ2n) is 7.84. The van der Waals surface area contributed by atoms with E-state index in [0.29, 0.717) is 13.2 Å². The van der Waals surface area contributed by atoms with Crippen molar-refractivity contribution in [2.45, 2.75) is 52.4 Å². The number of nitrogens with zero attached hydrogens (tertiary/aromatic N) is 2. The zero-order valence-corrected chi connectivity index (χ0v) is 19.3. The molecule has 0 aliphatic heterocycles. The van der Waals surface area contributed by atoms with Gasteiger partial charge in [0, 0.05) is 13.1 Å². The van der Waals surface area contributed by atoms with Gasteiger partial charge in [-0.3, -0.25) is 0 Å². The first-order valence-electron chi connectivity index (χ1n) is 11.3. The first-order chi connectivity index (χ1) is 14.5. The maximum absolute atomic E-state index is 12.5. The van der Waals surface area contributed by atoms with Crippen LogP contribution in [0.1, 0.15) is 73.1 Å².